The Hall–Kier alpha value is -3.91. The number of thiocarbonyl (C=S) groups is 1. The predicted molar refractivity (Wildman–Crippen MR) is 161 cm³/mol. The molecule has 0 aliphatic carbocycles. The Morgan fingerprint density at radius 3 is 2.84 bits per heavy atom. The SMILES string of the molecule is CC(C)(C)OC(=O)N1CCO[C@H](COc2cnccc2CNC2=C(C(=S)Nc3cccc(F)c3CC(F)F)C(=O)NCC2)C1. The molecule has 0 unspecified atom stereocenters. The van der Waals surface area contributed by atoms with Gasteiger partial charge in [-0.15, -0.1) is 0 Å². The lowest BCUT2D eigenvalue weighted by Gasteiger charge is -2.34. The van der Waals surface area contributed by atoms with Crippen LogP contribution in [0, 0.1) is 5.82 Å². The molecule has 2 aliphatic rings. The average molecular weight is 636 g/mol. The van der Waals surface area contributed by atoms with Crippen molar-refractivity contribution in [2.45, 2.75) is 58.3 Å². The van der Waals surface area contributed by atoms with E-state index >= 15 is 0 Å². The highest BCUT2D eigenvalue weighted by molar-refractivity contribution is 7.81. The molecule has 1 saturated heterocycles. The summed E-state index contributed by atoms with van der Waals surface area (Å²) < 4.78 is 57.8. The van der Waals surface area contributed by atoms with Crippen LogP contribution in [0.5, 0.6) is 5.75 Å². The van der Waals surface area contributed by atoms with Crippen molar-refractivity contribution in [3.8, 4) is 5.75 Å². The fourth-order valence-corrected chi connectivity index (χ4v) is 5.00. The molecule has 238 valence electrons. The normalized spacial score (nSPS) is 17.3. The van der Waals surface area contributed by atoms with Gasteiger partial charge < -0.3 is 35.1 Å². The lowest BCUT2D eigenvalue weighted by Crippen LogP contribution is -2.49. The lowest BCUT2D eigenvalue weighted by molar-refractivity contribution is -0.117. The summed E-state index contributed by atoms with van der Waals surface area (Å²) >= 11 is 5.49. The van der Waals surface area contributed by atoms with E-state index < -0.39 is 36.3 Å². The first-order chi connectivity index (χ1) is 20.9. The standard InChI is InChI=1S/C30H36F3N5O5S/c1-30(2,3)43-29(40)38-11-12-41-19(16-38)17-42-24-15-34-9-7-18(24)14-36-23-8-10-35-27(39)26(23)28(44)37-22-6-4-5-21(31)20(22)13-25(32)33/h4-7,9,15,19,25,36H,8,10-14,16-17H2,1-3H3,(H,35,39)(H,37,44)/t19-/m0/s1. The molecular weight excluding hydrogens is 599 g/mol. The number of benzene rings is 1. The summed E-state index contributed by atoms with van der Waals surface area (Å²) in [5.74, 6) is -0.754. The number of anilines is 1. The average Bonchev–Trinajstić information content (AvgIpc) is 2.96. The minimum atomic E-state index is -2.76. The summed E-state index contributed by atoms with van der Waals surface area (Å²) in [5, 5.41) is 8.78. The second kappa shape index (κ2) is 14.7. The molecule has 1 aromatic carbocycles. The summed E-state index contributed by atoms with van der Waals surface area (Å²) in [6.07, 6.45) is -0.760. The summed E-state index contributed by atoms with van der Waals surface area (Å²) in [6, 6.07) is 5.67. The Morgan fingerprint density at radius 1 is 1.30 bits per heavy atom. The van der Waals surface area contributed by atoms with Gasteiger partial charge in [0.1, 0.15) is 34.9 Å². The third kappa shape index (κ3) is 9.05. The highest BCUT2D eigenvalue weighted by Crippen LogP contribution is 2.25. The van der Waals surface area contributed by atoms with E-state index in [1.807, 2.05) is 20.8 Å². The van der Waals surface area contributed by atoms with Crippen molar-refractivity contribution in [1.82, 2.24) is 20.5 Å². The maximum atomic E-state index is 14.3. The number of carbonyl (C=O) groups excluding carboxylic acids is 2. The van der Waals surface area contributed by atoms with E-state index in [1.165, 1.54) is 12.1 Å². The second-order valence-electron chi connectivity index (χ2n) is 11.2. The van der Waals surface area contributed by atoms with E-state index in [1.54, 1.807) is 23.4 Å². The number of pyridine rings is 1. The Balaban J connectivity index is 1.43. The smallest absolute Gasteiger partial charge is 0.410 e. The van der Waals surface area contributed by atoms with E-state index in [0.717, 1.165) is 11.6 Å². The van der Waals surface area contributed by atoms with Crippen molar-refractivity contribution in [1.29, 1.82) is 0 Å². The first kappa shape index (κ1) is 33.0. The van der Waals surface area contributed by atoms with E-state index in [9.17, 15) is 22.8 Å². The fraction of sp³-hybridized carbons (Fsp3) is 0.467. The van der Waals surface area contributed by atoms with Crippen molar-refractivity contribution in [2.75, 3.05) is 38.2 Å². The number of hydrogen-bond acceptors (Lipinski definition) is 8. The van der Waals surface area contributed by atoms with Gasteiger partial charge in [0.25, 0.3) is 5.91 Å². The van der Waals surface area contributed by atoms with Gasteiger partial charge in [-0.25, -0.2) is 18.0 Å². The minimum absolute atomic E-state index is 0.0268. The van der Waals surface area contributed by atoms with Crippen LogP contribution < -0.4 is 20.7 Å². The van der Waals surface area contributed by atoms with Gasteiger partial charge in [-0.05, 0) is 39.0 Å². The molecule has 2 aromatic rings. The lowest BCUT2D eigenvalue weighted by atomic mass is 10.0. The Bertz CT molecular complexity index is 1400. The van der Waals surface area contributed by atoms with Gasteiger partial charge in [0.15, 0.2) is 0 Å². The number of hydrogen-bond donors (Lipinski definition) is 3. The van der Waals surface area contributed by atoms with Gasteiger partial charge in [0.2, 0.25) is 6.43 Å². The Labute approximate surface area is 259 Å². The topological polar surface area (TPSA) is 114 Å². The number of halogens is 3. The van der Waals surface area contributed by atoms with Crippen LogP contribution in [0.15, 0.2) is 47.9 Å². The van der Waals surface area contributed by atoms with Crippen molar-refractivity contribution in [2.24, 2.45) is 0 Å². The third-order valence-electron chi connectivity index (χ3n) is 6.72. The molecule has 4 rings (SSSR count). The van der Waals surface area contributed by atoms with Gasteiger partial charge in [-0.2, -0.15) is 0 Å². The van der Waals surface area contributed by atoms with Gasteiger partial charge in [-0.1, -0.05) is 18.3 Å². The van der Waals surface area contributed by atoms with E-state index in [-0.39, 0.29) is 41.1 Å². The quantitative estimate of drug-likeness (QED) is 0.328. The van der Waals surface area contributed by atoms with Gasteiger partial charge >= 0.3 is 6.09 Å². The maximum absolute atomic E-state index is 14.3. The molecule has 0 radical (unpaired) electrons. The number of alkyl halides is 2. The summed E-state index contributed by atoms with van der Waals surface area (Å²) in [4.78, 5) is 31.1. The van der Waals surface area contributed by atoms with Gasteiger partial charge in [0, 0.05) is 61.2 Å². The van der Waals surface area contributed by atoms with Crippen molar-refractivity contribution >= 4 is 34.9 Å². The first-order valence-electron chi connectivity index (χ1n) is 14.2. The molecular formula is C30H36F3N5O5S. The molecule has 3 N–H and O–H groups in total. The largest absolute Gasteiger partial charge is 0.489 e. The number of morpholine rings is 1. The highest BCUT2D eigenvalue weighted by Gasteiger charge is 2.29. The molecule has 2 amide bonds. The zero-order valence-corrected chi connectivity index (χ0v) is 25.6. The zero-order chi connectivity index (χ0) is 31.9. The summed E-state index contributed by atoms with van der Waals surface area (Å²) in [5.41, 5.74) is 0.647. The number of carbonyl (C=O) groups is 2. The Kier molecular flexibility index (Phi) is 11.0. The number of nitrogens with one attached hydrogen (secondary N) is 3. The number of nitrogens with zero attached hydrogens (tertiary/aromatic N) is 2. The van der Waals surface area contributed by atoms with E-state index in [0.29, 0.717) is 44.1 Å². The maximum Gasteiger partial charge on any atom is 0.410 e. The fourth-order valence-electron chi connectivity index (χ4n) is 4.67. The van der Waals surface area contributed by atoms with Crippen molar-refractivity contribution in [3.05, 3.63) is 64.9 Å². The van der Waals surface area contributed by atoms with Crippen LogP contribution in [0.2, 0.25) is 0 Å². The number of rotatable bonds is 10. The minimum Gasteiger partial charge on any atom is -0.489 e. The molecule has 0 spiro atoms. The summed E-state index contributed by atoms with van der Waals surface area (Å²) in [7, 11) is 0. The molecule has 44 heavy (non-hydrogen) atoms. The number of aromatic nitrogens is 1. The van der Waals surface area contributed by atoms with Crippen LogP contribution in [-0.4, -0.2) is 77.9 Å². The highest BCUT2D eigenvalue weighted by atomic mass is 32.1. The van der Waals surface area contributed by atoms with Crippen molar-refractivity contribution in [3.63, 3.8) is 0 Å². The second-order valence-corrected chi connectivity index (χ2v) is 11.7. The monoisotopic (exact) mass is 635 g/mol. The van der Waals surface area contributed by atoms with Gasteiger partial charge in [0.05, 0.1) is 24.9 Å². The molecule has 1 aromatic heterocycles. The molecule has 1 atom stereocenters. The van der Waals surface area contributed by atoms with Crippen molar-refractivity contribution < 1.29 is 37.0 Å². The first-order valence-corrected chi connectivity index (χ1v) is 14.6. The number of ether oxygens (including phenoxy) is 3. The molecule has 10 nitrogen and oxygen atoms in total. The third-order valence-corrected chi connectivity index (χ3v) is 7.03. The van der Waals surface area contributed by atoms with E-state index in [4.69, 9.17) is 26.4 Å². The molecule has 0 bridgehead atoms. The summed E-state index contributed by atoms with van der Waals surface area (Å²) in [6.45, 7) is 7.27. The van der Waals surface area contributed by atoms with Gasteiger partial charge in [-0.3, -0.25) is 9.78 Å². The van der Waals surface area contributed by atoms with Crippen LogP contribution in [0.25, 0.3) is 0 Å². The van der Waals surface area contributed by atoms with Crippen LogP contribution in [0.4, 0.5) is 23.7 Å². The molecule has 1 fully saturated rings. The molecule has 3 heterocycles. The van der Waals surface area contributed by atoms with Crippen LogP contribution >= 0.6 is 12.2 Å². The molecule has 0 saturated carbocycles. The number of amides is 2. The zero-order valence-electron chi connectivity index (χ0n) is 24.8. The Morgan fingerprint density at radius 2 is 2.09 bits per heavy atom. The predicted octanol–water partition coefficient (Wildman–Crippen LogP) is 4.35. The van der Waals surface area contributed by atoms with Crippen LogP contribution in [0.3, 0.4) is 0 Å². The van der Waals surface area contributed by atoms with E-state index in [2.05, 4.69) is 20.9 Å². The van der Waals surface area contributed by atoms with Crippen LogP contribution in [-0.2, 0) is 27.2 Å². The van der Waals surface area contributed by atoms with Crippen LogP contribution in [0.1, 0.15) is 38.3 Å². The molecule has 2 aliphatic heterocycles. The molecule has 14 heteroatoms.